The van der Waals surface area contributed by atoms with Gasteiger partial charge in [0.1, 0.15) is 5.82 Å². The summed E-state index contributed by atoms with van der Waals surface area (Å²) in [5.41, 5.74) is 6.60. The van der Waals surface area contributed by atoms with Crippen LogP contribution in [0.4, 0.5) is 4.39 Å². The van der Waals surface area contributed by atoms with Crippen molar-refractivity contribution in [1.29, 1.82) is 0 Å². The summed E-state index contributed by atoms with van der Waals surface area (Å²) in [5.74, 6) is 0.590. The molecule has 0 radical (unpaired) electrons. The molecule has 1 aliphatic rings. The molecule has 0 saturated heterocycles. The molecule has 0 amide bonds. The minimum absolute atomic E-state index is 0.214. The van der Waals surface area contributed by atoms with E-state index < -0.39 is 0 Å². The van der Waals surface area contributed by atoms with Crippen LogP contribution in [0.15, 0.2) is 10.5 Å². The maximum Gasteiger partial charge on any atom is 0.165 e. The second-order valence-electron chi connectivity index (χ2n) is 4.43. The molecule has 0 aliphatic heterocycles. The Balaban J connectivity index is 2.48. The summed E-state index contributed by atoms with van der Waals surface area (Å²) in [6, 6.07) is 1.31. The lowest BCUT2D eigenvalue weighted by atomic mass is 10.0. The first-order valence-electron chi connectivity index (χ1n) is 5.38. The Hall–Kier alpha value is -0.810. The van der Waals surface area contributed by atoms with E-state index in [1.165, 1.54) is 13.2 Å². The lowest BCUT2D eigenvalue weighted by Crippen LogP contribution is -2.25. The first-order valence-corrected chi connectivity index (χ1v) is 6.18. The number of benzene rings is 1. The zero-order valence-corrected chi connectivity index (χ0v) is 11.4. The number of hydrogen-bond acceptors (Lipinski definition) is 3. The highest BCUT2D eigenvalue weighted by molar-refractivity contribution is 9.10. The predicted octanol–water partition coefficient (Wildman–Crippen LogP) is 2.64. The molecule has 0 unspecified atom stereocenters. The number of hydrogen-bond donors (Lipinski definition) is 1. The molecule has 1 aromatic carbocycles. The van der Waals surface area contributed by atoms with Gasteiger partial charge in [-0.1, -0.05) is 0 Å². The minimum Gasteiger partial charge on any atom is -0.493 e. The summed E-state index contributed by atoms with van der Waals surface area (Å²) < 4.78 is 24.5. The fourth-order valence-corrected chi connectivity index (χ4v) is 2.29. The highest BCUT2D eigenvalue weighted by Crippen LogP contribution is 2.44. The molecule has 1 aliphatic carbocycles. The Kier molecular flexibility index (Phi) is 3.32. The largest absolute Gasteiger partial charge is 0.493 e. The van der Waals surface area contributed by atoms with Gasteiger partial charge >= 0.3 is 0 Å². The summed E-state index contributed by atoms with van der Waals surface area (Å²) in [5, 5.41) is 0. The number of rotatable bonds is 4. The molecule has 1 aromatic rings. The molecule has 2 N–H and O–H groups in total. The fourth-order valence-electron chi connectivity index (χ4n) is 1.86. The van der Waals surface area contributed by atoms with Gasteiger partial charge in [0.2, 0.25) is 0 Å². The Bertz CT molecular complexity index is 447. The SMILES string of the molecule is COc1cc(F)c(Br)c(CC2(N)CC2)c1OC. The van der Waals surface area contributed by atoms with Crippen molar-refractivity contribution in [3.8, 4) is 11.5 Å². The first-order chi connectivity index (χ1) is 8.00. The van der Waals surface area contributed by atoms with Gasteiger partial charge in [-0.2, -0.15) is 0 Å². The van der Waals surface area contributed by atoms with Crippen LogP contribution in [-0.2, 0) is 6.42 Å². The number of nitrogens with two attached hydrogens (primary N) is 1. The predicted molar refractivity (Wildman–Crippen MR) is 67.1 cm³/mol. The molecule has 3 nitrogen and oxygen atoms in total. The van der Waals surface area contributed by atoms with Gasteiger partial charge in [-0.3, -0.25) is 0 Å². The summed E-state index contributed by atoms with van der Waals surface area (Å²) in [4.78, 5) is 0. The average Bonchev–Trinajstić information content (AvgIpc) is 3.02. The van der Waals surface area contributed by atoms with Gasteiger partial charge in [-0.25, -0.2) is 4.39 Å². The van der Waals surface area contributed by atoms with Crippen LogP contribution in [0.5, 0.6) is 11.5 Å². The number of methoxy groups -OCH3 is 2. The molecule has 17 heavy (non-hydrogen) atoms. The lowest BCUT2D eigenvalue weighted by Gasteiger charge is -2.17. The molecular formula is C12H15BrFNO2. The van der Waals surface area contributed by atoms with E-state index in [1.807, 2.05) is 0 Å². The third-order valence-corrected chi connectivity index (χ3v) is 3.93. The number of halogens is 2. The van der Waals surface area contributed by atoms with Crippen molar-refractivity contribution < 1.29 is 13.9 Å². The molecule has 0 aromatic heterocycles. The van der Waals surface area contributed by atoms with E-state index in [0.717, 1.165) is 18.4 Å². The molecule has 0 heterocycles. The highest BCUT2D eigenvalue weighted by Gasteiger charge is 2.40. The van der Waals surface area contributed by atoms with Gasteiger partial charge in [0, 0.05) is 17.2 Å². The van der Waals surface area contributed by atoms with Gasteiger partial charge in [0.25, 0.3) is 0 Å². The lowest BCUT2D eigenvalue weighted by molar-refractivity contribution is 0.347. The second kappa shape index (κ2) is 4.46. The standard InChI is InChI=1S/C12H15BrFNO2/c1-16-9-5-8(14)10(13)7(11(9)17-2)6-12(15)3-4-12/h5H,3-4,6,15H2,1-2H3. The molecule has 2 rings (SSSR count). The Labute approximate surface area is 108 Å². The second-order valence-corrected chi connectivity index (χ2v) is 5.22. The fraction of sp³-hybridized carbons (Fsp3) is 0.500. The van der Waals surface area contributed by atoms with Gasteiger partial charge in [0.05, 0.1) is 18.7 Å². The zero-order valence-electron chi connectivity index (χ0n) is 9.85. The molecule has 0 bridgehead atoms. The quantitative estimate of drug-likeness (QED) is 0.930. The van der Waals surface area contributed by atoms with Crippen molar-refractivity contribution in [2.45, 2.75) is 24.8 Å². The van der Waals surface area contributed by atoms with Crippen LogP contribution in [-0.4, -0.2) is 19.8 Å². The molecule has 1 fully saturated rings. The normalized spacial score (nSPS) is 16.8. The van der Waals surface area contributed by atoms with E-state index in [2.05, 4.69) is 15.9 Å². The van der Waals surface area contributed by atoms with E-state index in [0.29, 0.717) is 22.4 Å². The molecule has 0 spiro atoms. The van der Waals surface area contributed by atoms with Gasteiger partial charge in [-0.05, 0) is 35.2 Å². The van der Waals surface area contributed by atoms with Crippen molar-refractivity contribution in [3.63, 3.8) is 0 Å². The summed E-state index contributed by atoms with van der Waals surface area (Å²) in [6.07, 6.45) is 2.51. The summed E-state index contributed by atoms with van der Waals surface area (Å²) in [7, 11) is 3.03. The molecule has 94 valence electrons. The van der Waals surface area contributed by atoms with Gasteiger partial charge in [0.15, 0.2) is 11.5 Å². The molecular weight excluding hydrogens is 289 g/mol. The Morgan fingerprint density at radius 2 is 2.06 bits per heavy atom. The van der Waals surface area contributed by atoms with Crippen LogP contribution >= 0.6 is 15.9 Å². The summed E-state index contributed by atoms with van der Waals surface area (Å²) in [6.45, 7) is 0. The van der Waals surface area contributed by atoms with Crippen LogP contribution in [0.2, 0.25) is 0 Å². The Morgan fingerprint density at radius 3 is 2.53 bits per heavy atom. The maximum atomic E-state index is 13.7. The maximum absolute atomic E-state index is 13.7. The molecule has 1 saturated carbocycles. The number of ether oxygens (including phenoxy) is 2. The van der Waals surface area contributed by atoms with Crippen LogP contribution in [0.3, 0.4) is 0 Å². The third-order valence-electron chi connectivity index (χ3n) is 3.08. The van der Waals surface area contributed by atoms with E-state index in [4.69, 9.17) is 15.2 Å². The van der Waals surface area contributed by atoms with Gasteiger partial charge < -0.3 is 15.2 Å². The van der Waals surface area contributed by atoms with E-state index in [1.54, 1.807) is 7.11 Å². The molecule has 5 heteroatoms. The van der Waals surface area contributed by atoms with Crippen LogP contribution < -0.4 is 15.2 Å². The molecule has 0 atom stereocenters. The third kappa shape index (κ3) is 2.40. The van der Waals surface area contributed by atoms with E-state index in [9.17, 15) is 4.39 Å². The summed E-state index contributed by atoms with van der Waals surface area (Å²) >= 11 is 3.25. The van der Waals surface area contributed by atoms with Crippen molar-refractivity contribution in [2.24, 2.45) is 5.73 Å². The average molecular weight is 304 g/mol. The topological polar surface area (TPSA) is 44.5 Å². The first kappa shape index (κ1) is 12.6. The zero-order chi connectivity index (χ0) is 12.6. The smallest absolute Gasteiger partial charge is 0.165 e. The Morgan fingerprint density at radius 1 is 1.41 bits per heavy atom. The monoisotopic (exact) mass is 303 g/mol. The van der Waals surface area contributed by atoms with E-state index in [-0.39, 0.29) is 11.4 Å². The van der Waals surface area contributed by atoms with Crippen LogP contribution in [0.1, 0.15) is 18.4 Å². The van der Waals surface area contributed by atoms with Crippen molar-refractivity contribution in [3.05, 3.63) is 21.9 Å². The minimum atomic E-state index is -0.359. The van der Waals surface area contributed by atoms with Gasteiger partial charge in [-0.15, -0.1) is 0 Å². The van der Waals surface area contributed by atoms with Crippen molar-refractivity contribution in [1.82, 2.24) is 0 Å². The highest BCUT2D eigenvalue weighted by atomic mass is 79.9. The van der Waals surface area contributed by atoms with Crippen molar-refractivity contribution >= 4 is 15.9 Å². The van der Waals surface area contributed by atoms with Crippen molar-refractivity contribution in [2.75, 3.05) is 14.2 Å². The van der Waals surface area contributed by atoms with Crippen LogP contribution in [0.25, 0.3) is 0 Å². The van der Waals surface area contributed by atoms with Crippen LogP contribution in [0, 0.1) is 5.82 Å². The van der Waals surface area contributed by atoms with E-state index >= 15 is 0 Å².